The molecule has 2 aromatic carbocycles. The van der Waals surface area contributed by atoms with E-state index in [0.29, 0.717) is 6.54 Å². The number of aryl methyl sites for hydroxylation is 1. The minimum atomic E-state index is -0.195. The minimum Gasteiger partial charge on any atom is -0.313 e. The fourth-order valence-corrected chi connectivity index (χ4v) is 3.68. The number of nitrogens with zero attached hydrogens (tertiary/aromatic N) is 4. The van der Waals surface area contributed by atoms with Gasteiger partial charge in [-0.05, 0) is 49.2 Å². The van der Waals surface area contributed by atoms with Crippen LogP contribution in [0.15, 0.2) is 59.1 Å². The molecule has 7 heteroatoms. The Kier molecular flexibility index (Phi) is 5.71. The van der Waals surface area contributed by atoms with Crippen molar-refractivity contribution in [2.45, 2.75) is 38.8 Å². The van der Waals surface area contributed by atoms with Crippen LogP contribution in [0.4, 0.5) is 16.2 Å². The number of rotatable bonds is 4. The highest BCUT2D eigenvalue weighted by molar-refractivity contribution is 9.10. The van der Waals surface area contributed by atoms with E-state index in [1.807, 2.05) is 54.6 Å². The Morgan fingerprint density at radius 2 is 1.82 bits per heavy atom. The molecule has 0 bridgehead atoms. The summed E-state index contributed by atoms with van der Waals surface area (Å²) in [5.74, 6) is 1.84. The van der Waals surface area contributed by atoms with Crippen LogP contribution in [0.2, 0.25) is 0 Å². The van der Waals surface area contributed by atoms with Gasteiger partial charge in [-0.1, -0.05) is 40.5 Å². The van der Waals surface area contributed by atoms with Gasteiger partial charge in [0, 0.05) is 28.8 Å². The number of hydrogen-bond acceptors (Lipinski definition) is 3. The third kappa shape index (κ3) is 4.25. The highest BCUT2D eigenvalue weighted by Crippen LogP contribution is 2.23. The lowest BCUT2D eigenvalue weighted by Gasteiger charge is -2.23. The van der Waals surface area contributed by atoms with Gasteiger partial charge in [0.25, 0.3) is 0 Å². The molecule has 2 amide bonds. The van der Waals surface area contributed by atoms with E-state index < -0.39 is 0 Å². The molecule has 1 aliphatic heterocycles. The molecule has 0 spiro atoms. The number of amides is 2. The van der Waals surface area contributed by atoms with Crippen molar-refractivity contribution < 1.29 is 4.79 Å². The molecular weight excluding hydrogens is 418 g/mol. The molecule has 2 heterocycles. The summed E-state index contributed by atoms with van der Waals surface area (Å²) in [5.41, 5.74) is 1.57. The SMILES string of the molecule is O=C(Nc1ccccc1)N(Cc1nnc2n1CCCCC2)c1ccc(Br)cc1. The van der Waals surface area contributed by atoms with Crippen molar-refractivity contribution in [2.75, 3.05) is 10.2 Å². The van der Waals surface area contributed by atoms with Gasteiger partial charge in [0.05, 0.1) is 6.54 Å². The summed E-state index contributed by atoms with van der Waals surface area (Å²) in [6.07, 6.45) is 4.41. The van der Waals surface area contributed by atoms with Crippen molar-refractivity contribution in [3.63, 3.8) is 0 Å². The quantitative estimate of drug-likeness (QED) is 0.621. The third-order valence-electron chi connectivity index (χ3n) is 4.89. The highest BCUT2D eigenvalue weighted by atomic mass is 79.9. The molecule has 3 aromatic rings. The van der Waals surface area contributed by atoms with Crippen LogP contribution in [0.25, 0.3) is 0 Å². The Morgan fingerprint density at radius 1 is 1.04 bits per heavy atom. The summed E-state index contributed by atoms with van der Waals surface area (Å²) in [5, 5.41) is 11.7. The van der Waals surface area contributed by atoms with E-state index in [0.717, 1.165) is 53.3 Å². The molecule has 1 aromatic heterocycles. The predicted molar refractivity (Wildman–Crippen MR) is 113 cm³/mol. The molecule has 0 unspecified atom stereocenters. The number of fused-ring (bicyclic) bond motifs is 1. The predicted octanol–water partition coefficient (Wildman–Crippen LogP) is 5.01. The Bertz CT molecular complexity index is 939. The monoisotopic (exact) mass is 439 g/mol. The fraction of sp³-hybridized carbons (Fsp3) is 0.286. The van der Waals surface area contributed by atoms with Crippen molar-refractivity contribution in [1.29, 1.82) is 0 Å². The molecule has 0 radical (unpaired) electrons. The van der Waals surface area contributed by atoms with Gasteiger partial charge in [0.1, 0.15) is 5.82 Å². The lowest BCUT2D eigenvalue weighted by Crippen LogP contribution is -2.35. The second-order valence-corrected chi connectivity index (χ2v) is 7.77. The van der Waals surface area contributed by atoms with Crippen LogP contribution in [-0.2, 0) is 19.5 Å². The first-order valence-electron chi connectivity index (χ1n) is 9.51. The topological polar surface area (TPSA) is 63.1 Å². The number of urea groups is 1. The van der Waals surface area contributed by atoms with Crippen molar-refractivity contribution in [3.05, 3.63) is 70.7 Å². The van der Waals surface area contributed by atoms with Crippen molar-refractivity contribution in [1.82, 2.24) is 14.8 Å². The number of aromatic nitrogens is 3. The van der Waals surface area contributed by atoms with Crippen LogP contribution in [0, 0.1) is 0 Å². The van der Waals surface area contributed by atoms with E-state index in [2.05, 4.69) is 36.0 Å². The number of benzene rings is 2. The summed E-state index contributed by atoms with van der Waals surface area (Å²) in [6, 6.07) is 17.0. The first-order valence-corrected chi connectivity index (χ1v) is 10.3. The van der Waals surface area contributed by atoms with Crippen LogP contribution >= 0.6 is 15.9 Å². The molecule has 6 nitrogen and oxygen atoms in total. The van der Waals surface area contributed by atoms with Gasteiger partial charge >= 0.3 is 6.03 Å². The molecule has 144 valence electrons. The summed E-state index contributed by atoms with van der Waals surface area (Å²) in [4.78, 5) is 14.8. The Balaban J connectivity index is 1.62. The molecule has 28 heavy (non-hydrogen) atoms. The molecule has 0 saturated carbocycles. The second kappa shape index (κ2) is 8.56. The Morgan fingerprint density at radius 3 is 2.61 bits per heavy atom. The molecule has 4 rings (SSSR count). The Hall–Kier alpha value is -2.67. The normalized spacial score (nSPS) is 13.5. The van der Waals surface area contributed by atoms with Gasteiger partial charge in [0.2, 0.25) is 0 Å². The third-order valence-corrected chi connectivity index (χ3v) is 5.42. The smallest absolute Gasteiger partial charge is 0.313 e. The van der Waals surface area contributed by atoms with Crippen molar-refractivity contribution in [3.8, 4) is 0 Å². The number of halogens is 1. The number of carbonyl (C=O) groups is 1. The minimum absolute atomic E-state index is 0.195. The number of carbonyl (C=O) groups excluding carboxylic acids is 1. The van der Waals surface area contributed by atoms with E-state index in [4.69, 9.17) is 0 Å². The van der Waals surface area contributed by atoms with Crippen molar-refractivity contribution >= 4 is 33.3 Å². The van der Waals surface area contributed by atoms with E-state index in [1.54, 1.807) is 4.90 Å². The van der Waals surface area contributed by atoms with E-state index >= 15 is 0 Å². The maximum atomic E-state index is 13.1. The fourth-order valence-electron chi connectivity index (χ4n) is 3.42. The van der Waals surface area contributed by atoms with Gasteiger partial charge in [0.15, 0.2) is 5.82 Å². The summed E-state index contributed by atoms with van der Waals surface area (Å²) in [6.45, 7) is 1.28. The first-order chi connectivity index (χ1) is 13.7. The highest BCUT2D eigenvalue weighted by Gasteiger charge is 2.22. The van der Waals surface area contributed by atoms with Crippen molar-refractivity contribution in [2.24, 2.45) is 0 Å². The van der Waals surface area contributed by atoms with Crippen LogP contribution < -0.4 is 10.2 Å². The molecule has 1 N–H and O–H groups in total. The number of hydrogen-bond donors (Lipinski definition) is 1. The molecular formula is C21H22BrN5O. The molecule has 0 aliphatic carbocycles. The van der Waals surface area contributed by atoms with Crippen LogP contribution in [0.3, 0.4) is 0 Å². The van der Waals surface area contributed by atoms with Gasteiger partial charge in [-0.25, -0.2) is 4.79 Å². The molecule has 1 aliphatic rings. The van der Waals surface area contributed by atoms with Gasteiger partial charge in [-0.2, -0.15) is 0 Å². The zero-order valence-corrected chi connectivity index (χ0v) is 17.1. The average Bonchev–Trinajstić information content (AvgIpc) is 2.93. The first kappa shape index (κ1) is 18.7. The van der Waals surface area contributed by atoms with Crippen LogP contribution in [0.1, 0.15) is 30.9 Å². The molecule has 0 saturated heterocycles. The van der Waals surface area contributed by atoms with Gasteiger partial charge in [-0.15, -0.1) is 10.2 Å². The zero-order valence-electron chi connectivity index (χ0n) is 15.5. The number of para-hydroxylation sites is 1. The van der Waals surface area contributed by atoms with E-state index in [-0.39, 0.29) is 6.03 Å². The van der Waals surface area contributed by atoms with E-state index in [1.165, 1.54) is 6.42 Å². The number of anilines is 2. The van der Waals surface area contributed by atoms with Gasteiger partial charge < -0.3 is 9.88 Å². The molecule has 0 atom stereocenters. The van der Waals surface area contributed by atoms with Gasteiger partial charge in [-0.3, -0.25) is 4.90 Å². The molecule has 0 fully saturated rings. The Labute approximate surface area is 172 Å². The summed E-state index contributed by atoms with van der Waals surface area (Å²) in [7, 11) is 0. The largest absolute Gasteiger partial charge is 0.326 e. The van der Waals surface area contributed by atoms with Crippen LogP contribution in [-0.4, -0.2) is 20.8 Å². The van der Waals surface area contributed by atoms with E-state index in [9.17, 15) is 4.79 Å². The maximum Gasteiger partial charge on any atom is 0.326 e. The maximum absolute atomic E-state index is 13.1. The summed E-state index contributed by atoms with van der Waals surface area (Å²) >= 11 is 3.46. The lowest BCUT2D eigenvalue weighted by atomic mass is 10.2. The van der Waals surface area contributed by atoms with Crippen LogP contribution in [0.5, 0.6) is 0 Å². The zero-order chi connectivity index (χ0) is 19.3. The average molecular weight is 440 g/mol. The lowest BCUT2D eigenvalue weighted by molar-refractivity contribution is 0.256. The number of nitrogens with one attached hydrogen (secondary N) is 1. The standard InChI is InChI=1S/C21H22BrN5O/c22-16-10-12-18(13-11-16)27(21(28)23-17-7-3-1-4-8-17)15-20-25-24-19-9-5-2-6-14-26(19)20/h1,3-4,7-8,10-13H,2,5-6,9,14-15H2,(H,23,28). The second-order valence-electron chi connectivity index (χ2n) is 6.85. The summed E-state index contributed by atoms with van der Waals surface area (Å²) < 4.78 is 3.14.